The van der Waals surface area contributed by atoms with Crippen molar-refractivity contribution in [2.75, 3.05) is 13.2 Å². The average Bonchev–Trinajstić information content (AvgIpc) is 3.39. The van der Waals surface area contributed by atoms with Gasteiger partial charge in [0.1, 0.15) is 16.5 Å². The van der Waals surface area contributed by atoms with Crippen molar-refractivity contribution in [3.8, 4) is 16.9 Å². The van der Waals surface area contributed by atoms with Crippen LogP contribution in [0.3, 0.4) is 0 Å². The quantitative estimate of drug-likeness (QED) is 0.602. The summed E-state index contributed by atoms with van der Waals surface area (Å²) in [6, 6.07) is 9.27. The topological polar surface area (TPSA) is 60.5 Å². The second-order valence-electron chi connectivity index (χ2n) is 8.16. The number of alkyl carbamates (subject to hydrolysis) is 1. The number of amides is 1. The Morgan fingerprint density at radius 2 is 1.89 bits per heavy atom. The molecule has 0 bridgehead atoms. The first-order valence-corrected chi connectivity index (χ1v) is 9.93. The molecule has 1 amide bonds. The fraction of sp³-hybridized carbons (Fsp3) is 0.429. The zero-order chi connectivity index (χ0) is 20.4. The van der Waals surface area contributed by atoms with Crippen LogP contribution in [0.1, 0.15) is 33.6 Å². The highest BCUT2D eigenvalue weighted by molar-refractivity contribution is 6.32. The zero-order valence-corrected chi connectivity index (χ0v) is 17.7. The van der Waals surface area contributed by atoms with Crippen LogP contribution in [0.25, 0.3) is 11.1 Å². The SMILES string of the molecule is CC(C)(C)OC(=O)NCC1(COc2cnc(Cl)c(-c3ccc(Cl)cc3)c2)CC1. The third-order valence-corrected chi connectivity index (χ3v) is 5.03. The zero-order valence-electron chi connectivity index (χ0n) is 16.2. The number of hydrogen-bond acceptors (Lipinski definition) is 4. The first kappa shape index (κ1) is 20.7. The lowest BCUT2D eigenvalue weighted by Gasteiger charge is -2.22. The number of nitrogens with one attached hydrogen (secondary N) is 1. The number of aromatic nitrogens is 1. The van der Waals surface area contributed by atoms with E-state index in [1.54, 1.807) is 6.20 Å². The lowest BCUT2D eigenvalue weighted by Crippen LogP contribution is -2.37. The molecule has 2 aromatic rings. The standard InChI is InChI=1S/C21H24Cl2N2O3/c1-20(2,3)28-19(26)25-12-21(8-9-21)13-27-16-10-17(18(23)24-11-16)14-4-6-15(22)7-5-14/h4-7,10-11H,8-9,12-13H2,1-3H3,(H,25,26). The predicted molar refractivity (Wildman–Crippen MR) is 111 cm³/mol. The van der Waals surface area contributed by atoms with Gasteiger partial charge in [0.2, 0.25) is 0 Å². The van der Waals surface area contributed by atoms with E-state index in [9.17, 15) is 4.79 Å². The van der Waals surface area contributed by atoms with Crippen LogP contribution in [-0.4, -0.2) is 29.8 Å². The van der Waals surface area contributed by atoms with Gasteiger partial charge >= 0.3 is 6.09 Å². The van der Waals surface area contributed by atoms with Crippen LogP contribution in [0, 0.1) is 5.41 Å². The van der Waals surface area contributed by atoms with Gasteiger partial charge in [-0.05, 0) is 57.4 Å². The molecule has 1 fully saturated rings. The van der Waals surface area contributed by atoms with Crippen molar-refractivity contribution in [1.82, 2.24) is 10.3 Å². The second kappa shape index (κ2) is 8.18. The molecule has 150 valence electrons. The summed E-state index contributed by atoms with van der Waals surface area (Å²) < 4.78 is 11.3. The summed E-state index contributed by atoms with van der Waals surface area (Å²) >= 11 is 12.2. The van der Waals surface area contributed by atoms with E-state index in [0.717, 1.165) is 24.0 Å². The summed E-state index contributed by atoms with van der Waals surface area (Å²) in [7, 11) is 0. The first-order chi connectivity index (χ1) is 13.2. The smallest absolute Gasteiger partial charge is 0.407 e. The van der Waals surface area contributed by atoms with E-state index < -0.39 is 11.7 Å². The number of carbonyl (C=O) groups is 1. The molecule has 1 aliphatic rings. The largest absolute Gasteiger partial charge is 0.491 e. The molecule has 1 saturated carbocycles. The van der Waals surface area contributed by atoms with Crippen molar-refractivity contribution in [3.63, 3.8) is 0 Å². The van der Waals surface area contributed by atoms with Gasteiger partial charge in [-0.25, -0.2) is 9.78 Å². The number of ether oxygens (including phenoxy) is 2. The first-order valence-electron chi connectivity index (χ1n) is 9.17. The van der Waals surface area contributed by atoms with Crippen molar-refractivity contribution in [1.29, 1.82) is 0 Å². The fourth-order valence-electron chi connectivity index (χ4n) is 2.70. The molecule has 0 unspecified atom stereocenters. The molecule has 0 aliphatic heterocycles. The second-order valence-corrected chi connectivity index (χ2v) is 8.95. The summed E-state index contributed by atoms with van der Waals surface area (Å²) in [4.78, 5) is 16.1. The number of halogens is 2. The van der Waals surface area contributed by atoms with E-state index in [2.05, 4.69) is 10.3 Å². The highest BCUT2D eigenvalue weighted by Crippen LogP contribution is 2.45. The molecular formula is C21H24Cl2N2O3. The minimum atomic E-state index is -0.510. The van der Waals surface area contributed by atoms with Crippen molar-refractivity contribution in [2.45, 2.75) is 39.2 Å². The van der Waals surface area contributed by atoms with Crippen molar-refractivity contribution < 1.29 is 14.3 Å². The number of rotatable bonds is 6. The maximum Gasteiger partial charge on any atom is 0.407 e. The van der Waals surface area contributed by atoms with Crippen LogP contribution >= 0.6 is 23.2 Å². The van der Waals surface area contributed by atoms with Crippen LogP contribution < -0.4 is 10.1 Å². The van der Waals surface area contributed by atoms with E-state index in [4.69, 9.17) is 32.7 Å². The van der Waals surface area contributed by atoms with Crippen molar-refractivity contribution in [3.05, 3.63) is 46.7 Å². The number of benzene rings is 1. The lowest BCUT2D eigenvalue weighted by atomic mass is 10.1. The Hall–Kier alpha value is -1.98. The van der Waals surface area contributed by atoms with Gasteiger partial charge < -0.3 is 14.8 Å². The molecule has 28 heavy (non-hydrogen) atoms. The molecule has 1 N–H and O–H groups in total. The third kappa shape index (κ3) is 5.76. The molecule has 1 aromatic heterocycles. The third-order valence-electron chi connectivity index (χ3n) is 4.48. The Morgan fingerprint density at radius 1 is 1.21 bits per heavy atom. The molecule has 0 atom stereocenters. The van der Waals surface area contributed by atoms with Gasteiger partial charge in [0.15, 0.2) is 0 Å². The summed E-state index contributed by atoms with van der Waals surface area (Å²) in [6.07, 6.45) is 3.19. The van der Waals surface area contributed by atoms with Crippen LogP contribution in [0.2, 0.25) is 10.2 Å². The molecule has 3 rings (SSSR count). The van der Waals surface area contributed by atoms with Gasteiger partial charge in [0.25, 0.3) is 0 Å². The highest BCUT2D eigenvalue weighted by Gasteiger charge is 2.44. The Kier molecular flexibility index (Phi) is 6.06. The van der Waals surface area contributed by atoms with Crippen molar-refractivity contribution >= 4 is 29.3 Å². The average molecular weight is 423 g/mol. The van der Waals surface area contributed by atoms with Gasteiger partial charge in [-0.3, -0.25) is 0 Å². The Labute approximate surface area is 175 Å². The van der Waals surface area contributed by atoms with E-state index in [-0.39, 0.29) is 5.41 Å². The normalized spacial score (nSPS) is 15.0. The van der Waals surface area contributed by atoms with Crippen molar-refractivity contribution in [2.24, 2.45) is 5.41 Å². The number of hydrogen-bond donors (Lipinski definition) is 1. The van der Waals surface area contributed by atoms with Gasteiger partial charge in [0, 0.05) is 22.5 Å². The van der Waals surface area contributed by atoms with Gasteiger partial charge in [-0.2, -0.15) is 0 Å². The molecule has 1 heterocycles. The predicted octanol–water partition coefficient (Wildman–Crippen LogP) is 5.74. The van der Waals surface area contributed by atoms with Crippen LogP contribution in [0.15, 0.2) is 36.5 Å². The molecule has 0 saturated heterocycles. The minimum Gasteiger partial charge on any atom is -0.491 e. The molecule has 1 aromatic carbocycles. The maximum absolute atomic E-state index is 11.9. The number of carbonyl (C=O) groups excluding carboxylic acids is 1. The Morgan fingerprint density at radius 3 is 2.50 bits per heavy atom. The summed E-state index contributed by atoms with van der Waals surface area (Å²) in [5.74, 6) is 0.637. The minimum absolute atomic E-state index is 0.0586. The lowest BCUT2D eigenvalue weighted by molar-refractivity contribution is 0.0509. The summed E-state index contributed by atoms with van der Waals surface area (Å²) in [5, 5.41) is 3.91. The molecule has 0 spiro atoms. The van der Waals surface area contributed by atoms with Crippen LogP contribution in [0.5, 0.6) is 5.75 Å². The van der Waals surface area contributed by atoms with E-state index in [1.807, 2.05) is 51.1 Å². The van der Waals surface area contributed by atoms with Gasteiger partial charge in [0.05, 0.1) is 12.8 Å². The van der Waals surface area contributed by atoms with E-state index >= 15 is 0 Å². The maximum atomic E-state index is 11.9. The van der Waals surface area contributed by atoms with E-state index in [0.29, 0.717) is 29.1 Å². The Bertz CT molecular complexity index is 844. The molecule has 1 aliphatic carbocycles. The van der Waals surface area contributed by atoms with Gasteiger partial charge in [-0.15, -0.1) is 0 Å². The fourth-order valence-corrected chi connectivity index (χ4v) is 3.04. The molecular weight excluding hydrogens is 399 g/mol. The van der Waals surface area contributed by atoms with Crippen LogP contribution in [0.4, 0.5) is 4.79 Å². The molecule has 0 radical (unpaired) electrons. The van der Waals surface area contributed by atoms with E-state index in [1.165, 1.54) is 0 Å². The highest BCUT2D eigenvalue weighted by atomic mass is 35.5. The number of nitrogens with zero attached hydrogens (tertiary/aromatic N) is 1. The monoisotopic (exact) mass is 422 g/mol. The van der Waals surface area contributed by atoms with Gasteiger partial charge in [-0.1, -0.05) is 35.3 Å². The number of pyridine rings is 1. The summed E-state index contributed by atoms with van der Waals surface area (Å²) in [5.41, 5.74) is 1.13. The summed E-state index contributed by atoms with van der Waals surface area (Å²) in [6.45, 7) is 6.54. The Balaban J connectivity index is 1.59. The molecule has 5 nitrogen and oxygen atoms in total. The van der Waals surface area contributed by atoms with Crippen LogP contribution in [-0.2, 0) is 4.74 Å². The molecule has 7 heteroatoms.